The van der Waals surface area contributed by atoms with E-state index in [4.69, 9.17) is 4.42 Å². The van der Waals surface area contributed by atoms with Crippen LogP contribution < -0.4 is 5.32 Å². The molecule has 0 aliphatic carbocycles. The number of benzene rings is 1. The molecule has 1 atom stereocenters. The molecule has 0 aliphatic heterocycles. The maximum atomic E-state index is 13.3. The molecule has 2 aromatic rings. The van der Waals surface area contributed by atoms with Crippen LogP contribution in [0, 0.1) is 11.6 Å². The second kappa shape index (κ2) is 5.10. The van der Waals surface area contributed by atoms with Gasteiger partial charge in [-0.1, -0.05) is 6.07 Å². The van der Waals surface area contributed by atoms with Crippen LogP contribution in [0.3, 0.4) is 0 Å². The first-order valence-electron chi connectivity index (χ1n) is 5.36. The molecular formula is C13H13F2NO. The Hall–Kier alpha value is -1.68. The van der Waals surface area contributed by atoms with Crippen LogP contribution in [0.1, 0.15) is 24.1 Å². The van der Waals surface area contributed by atoms with Gasteiger partial charge in [-0.05, 0) is 19.1 Å². The second-order valence-electron chi connectivity index (χ2n) is 3.90. The van der Waals surface area contributed by atoms with Crippen molar-refractivity contribution >= 4 is 0 Å². The average Bonchev–Trinajstić information content (AvgIpc) is 2.81. The predicted octanol–water partition coefficient (Wildman–Crippen LogP) is 3.41. The van der Waals surface area contributed by atoms with Crippen LogP contribution in [0.5, 0.6) is 0 Å². The Morgan fingerprint density at radius 1 is 1.29 bits per heavy atom. The fraction of sp³-hybridized carbons (Fsp3) is 0.231. The Morgan fingerprint density at radius 2 is 2.12 bits per heavy atom. The molecule has 0 saturated carbocycles. The molecule has 90 valence electrons. The largest absolute Gasteiger partial charge is 0.472 e. The first kappa shape index (κ1) is 11.8. The Kier molecular flexibility index (Phi) is 3.54. The SMILES string of the molecule is CC(NCc1ccc(F)cc1F)c1ccoc1. The second-order valence-corrected chi connectivity index (χ2v) is 3.90. The summed E-state index contributed by atoms with van der Waals surface area (Å²) in [5, 5.41) is 3.14. The maximum absolute atomic E-state index is 13.3. The van der Waals surface area contributed by atoms with Crippen LogP contribution in [-0.4, -0.2) is 0 Å². The minimum Gasteiger partial charge on any atom is -0.472 e. The van der Waals surface area contributed by atoms with Crippen molar-refractivity contribution in [2.45, 2.75) is 19.5 Å². The highest BCUT2D eigenvalue weighted by molar-refractivity contribution is 5.19. The van der Waals surface area contributed by atoms with Gasteiger partial charge in [-0.3, -0.25) is 0 Å². The molecule has 2 rings (SSSR count). The average molecular weight is 237 g/mol. The summed E-state index contributed by atoms with van der Waals surface area (Å²) in [6.45, 7) is 2.30. The highest BCUT2D eigenvalue weighted by Gasteiger charge is 2.08. The van der Waals surface area contributed by atoms with E-state index in [-0.39, 0.29) is 6.04 Å². The van der Waals surface area contributed by atoms with Crippen LogP contribution in [-0.2, 0) is 6.54 Å². The van der Waals surface area contributed by atoms with Crippen molar-refractivity contribution in [3.05, 3.63) is 59.6 Å². The zero-order valence-electron chi connectivity index (χ0n) is 9.41. The van der Waals surface area contributed by atoms with Crippen LogP contribution in [0.4, 0.5) is 8.78 Å². The van der Waals surface area contributed by atoms with Crippen molar-refractivity contribution in [2.24, 2.45) is 0 Å². The fourth-order valence-electron chi connectivity index (χ4n) is 1.57. The van der Waals surface area contributed by atoms with Crippen LogP contribution in [0.25, 0.3) is 0 Å². The third kappa shape index (κ3) is 2.91. The highest BCUT2D eigenvalue weighted by atomic mass is 19.1. The Bertz CT molecular complexity index is 482. The van der Waals surface area contributed by atoms with E-state index in [0.717, 1.165) is 11.6 Å². The number of halogens is 2. The van der Waals surface area contributed by atoms with Crippen molar-refractivity contribution in [3.8, 4) is 0 Å². The monoisotopic (exact) mass is 237 g/mol. The van der Waals surface area contributed by atoms with Gasteiger partial charge in [-0.25, -0.2) is 8.78 Å². The molecule has 1 unspecified atom stereocenters. The minimum absolute atomic E-state index is 0.0539. The van der Waals surface area contributed by atoms with Crippen molar-refractivity contribution in [3.63, 3.8) is 0 Å². The Balaban J connectivity index is 1.98. The van der Waals surface area contributed by atoms with E-state index in [1.807, 2.05) is 13.0 Å². The van der Waals surface area contributed by atoms with Gasteiger partial charge in [0.05, 0.1) is 12.5 Å². The summed E-state index contributed by atoms with van der Waals surface area (Å²) in [7, 11) is 0. The molecule has 4 heteroatoms. The first-order chi connectivity index (χ1) is 8.16. The molecular weight excluding hydrogens is 224 g/mol. The lowest BCUT2D eigenvalue weighted by atomic mass is 10.1. The third-order valence-corrected chi connectivity index (χ3v) is 2.66. The van der Waals surface area contributed by atoms with Crippen molar-refractivity contribution in [1.29, 1.82) is 0 Å². The van der Waals surface area contributed by atoms with E-state index >= 15 is 0 Å². The molecule has 0 saturated heterocycles. The number of nitrogens with one attached hydrogen (secondary N) is 1. The molecule has 0 radical (unpaired) electrons. The lowest BCUT2D eigenvalue weighted by Gasteiger charge is -2.12. The van der Waals surface area contributed by atoms with E-state index in [2.05, 4.69) is 5.32 Å². The topological polar surface area (TPSA) is 25.2 Å². The lowest BCUT2D eigenvalue weighted by molar-refractivity contribution is 0.522. The maximum Gasteiger partial charge on any atom is 0.130 e. The summed E-state index contributed by atoms with van der Waals surface area (Å²) < 4.78 is 31.0. The van der Waals surface area contributed by atoms with Gasteiger partial charge in [-0.15, -0.1) is 0 Å². The fourth-order valence-corrected chi connectivity index (χ4v) is 1.57. The van der Waals surface area contributed by atoms with Gasteiger partial charge in [0.15, 0.2) is 0 Å². The molecule has 1 aromatic heterocycles. The Morgan fingerprint density at radius 3 is 2.76 bits per heavy atom. The Labute approximate surface area is 98.3 Å². The molecule has 1 N–H and O–H groups in total. The van der Waals surface area contributed by atoms with Crippen molar-refractivity contribution < 1.29 is 13.2 Å². The summed E-state index contributed by atoms with van der Waals surface area (Å²) in [6.07, 6.45) is 3.23. The molecule has 2 nitrogen and oxygen atoms in total. The number of hydrogen-bond acceptors (Lipinski definition) is 2. The molecule has 0 aliphatic rings. The molecule has 0 spiro atoms. The van der Waals surface area contributed by atoms with Crippen molar-refractivity contribution in [1.82, 2.24) is 5.32 Å². The quantitative estimate of drug-likeness (QED) is 0.881. The highest BCUT2D eigenvalue weighted by Crippen LogP contribution is 2.14. The minimum atomic E-state index is -0.561. The molecule has 1 heterocycles. The van der Waals surface area contributed by atoms with Gasteiger partial charge in [0.25, 0.3) is 0 Å². The standard InChI is InChI=1S/C13H13F2NO/c1-9(11-4-5-17-8-11)16-7-10-2-3-12(14)6-13(10)15/h2-6,8-9,16H,7H2,1H3. The predicted molar refractivity (Wildman–Crippen MR) is 60.3 cm³/mol. The third-order valence-electron chi connectivity index (χ3n) is 2.66. The summed E-state index contributed by atoms with van der Waals surface area (Å²) in [5.41, 5.74) is 1.44. The zero-order chi connectivity index (χ0) is 12.3. The molecule has 17 heavy (non-hydrogen) atoms. The van der Waals surface area contributed by atoms with Crippen LogP contribution in [0.15, 0.2) is 41.2 Å². The number of hydrogen-bond donors (Lipinski definition) is 1. The number of rotatable bonds is 4. The summed E-state index contributed by atoms with van der Waals surface area (Å²) in [5.74, 6) is -1.09. The molecule has 0 amide bonds. The van der Waals surface area contributed by atoms with E-state index in [9.17, 15) is 8.78 Å². The van der Waals surface area contributed by atoms with E-state index in [0.29, 0.717) is 12.1 Å². The van der Waals surface area contributed by atoms with Gasteiger partial charge in [0.2, 0.25) is 0 Å². The zero-order valence-corrected chi connectivity index (χ0v) is 9.41. The summed E-state index contributed by atoms with van der Waals surface area (Å²) in [4.78, 5) is 0. The van der Waals surface area contributed by atoms with Crippen LogP contribution >= 0.6 is 0 Å². The first-order valence-corrected chi connectivity index (χ1v) is 5.36. The summed E-state index contributed by atoms with van der Waals surface area (Å²) in [6, 6.07) is 5.49. The van der Waals surface area contributed by atoms with E-state index < -0.39 is 11.6 Å². The molecule has 0 bridgehead atoms. The van der Waals surface area contributed by atoms with Crippen LogP contribution in [0.2, 0.25) is 0 Å². The smallest absolute Gasteiger partial charge is 0.130 e. The van der Waals surface area contributed by atoms with E-state index in [1.54, 1.807) is 12.5 Å². The molecule has 0 fully saturated rings. The van der Waals surface area contributed by atoms with Gasteiger partial charge < -0.3 is 9.73 Å². The summed E-state index contributed by atoms with van der Waals surface area (Å²) >= 11 is 0. The van der Waals surface area contributed by atoms with Gasteiger partial charge in [0, 0.05) is 29.8 Å². The molecule has 1 aromatic carbocycles. The van der Waals surface area contributed by atoms with Gasteiger partial charge >= 0.3 is 0 Å². The number of furan rings is 1. The van der Waals surface area contributed by atoms with Crippen molar-refractivity contribution in [2.75, 3.05) is 0 Å². The van der Waals surface area contributed by atoms with Gasteiger partial charge in [0.1, 0.15) is 11.6 Å². The van der Waals surface area contributed by atoms with E-state index in [1.165, 1.54) is 12.1 Å². The normalized spacial score (nSPS) is 12.6. The lowest BCUT2D eigenvalue weighted by Crippen LogP contribution is -2.18. The van der Waals surface area contributed by atoms with Gasteiger partial charge in [-0.2, -0.15) is 0 Å².